The maximum atomic E-state index is 10.1. The molecule has 1 spiro atoms. The SMILES string of the molecule is Oc1ccc2c(c1)Oc1c(ccc3cc(O)ccc13)C21OCc2ccccc21. The molecule has 28 heavy (non-hydrogen) atoms. The molecular formula is C24H16O4. The molecule has 4 aromatic rings. The monoisotopic (exact) mass is 368 g/mol. The molecule has 0 aromatic heterocycles. The van der Waals surface area contributed by atoms with Gasteiger partial charge in [-0.25, -0.2) is 0 Å². The van der Waals surface area contributed by atoms with E-state index in [0.29, 0.717) is 18.1 Å². The highest BCUT2D eigenvalue weighted by atomic mass is 16.5. The van der Waals surface area contributed by atoms with Gasteiger partial charge in [0.1, 0.15) is 23.0 Å². The van der Waals surface area contributed by atoms with Crippen LogP contribution < -0.4 is 4.74 Å². The van der Waals surface area contributed by atoms with Crippen molar-refractivity contribution in [1.82, 2.24) is 0 Å². The first-order valence-electron chi connectivity index (χ1n) is 9.17. The number of hydrogen-bond donors (Lipinski definition) is 2. The largest absolute Gasteiger partial charge is 0.508 e. The molecule has 4 aromatic carbocycles. The van der Waals surface area contributed by atoms with Gasteiger partial charge < -0.3 is 19.7 Å². The van der Waals surface area contributed by atoms with E-state index in [1.165, 1.54) is 0 Å². The standard InChI is InChI=1S/C24H16O4/c25-16-6-8-18-14(11-16)5-9-21-23(18)28-22-12-17(26)7-10-20(22)24(21)19-4-2-1-3-15(19)13-27-24/h1-12,25-26H,13H2. The summed E-state index contributed by atoms with van der Waals surface area (Å²) >= 11 is 0. The molecule has 6 rings (SSSR count). The summed E-state index contributed by atoms with van der Waals surface area (Å²) < 4.78 is 12.8. The second-order valence-electron chi connectivity index (χ2n) is 7.26. The molecule has 0 aliphatic carbocycles. The lowest BCUT2D eigenvalue weighted by molar-refractivity contribution is 0.0201. The molecule has 2 aliphatic rings. The third kappa shape index (κ3) is 1.87. The smallest absolute Gasteiger partial charge is 0.151 e. The molecule has 0 bridgehead atoms. The van der Waals surface area contributed by atoms with Crippen molar-refractivity contribution in [1.29, 1.82) is 0 Å². The first-order valence-corrected chi connectivity index (χ1v) is 9.17. The summed E-state index contributed by atoms with van der Waals surface area (Å²) in [4.78, 5) is 0. The number of ether oxygens (including phenoxy) is 2. The van der Waals surface area contributed by atoms with E-state index in [9.17, 15) is 10.2 Å². The van der Waals surface area contributed by atoms with Crippen molar-refractivity contribution in [2.75, 3.05) is 0 Å². The van der Waals surface area contributed by atoms with Gasteiger partial charge in [-0.1, -0.05) is 36.4 Å². The first-order chi connectivity index (χ1) is 13.7. The number of hydrogen-bond acceptors (Lipinski definition) is 4. The van der Waals surface area contributed by atoms with Crippen molar-refractivity contribution < 1.29 is 19.7 Å². The number of aromatic hydroxyl groups is 2. The summed E-state index contributed by atoms with van der Waals surface area (Å²) in [6.07, 6.45) is 0. The average Bonchev–Trinajstić information content (AvgIpc) is 3.08. The van der Waals surface area contributed by atoms with E-state index in [0.717, 1.165) is 33.0 Å². The van der Waals surface area contributed by atoms with E-state index < -0.39 is 5.60 Å². The van der Waals surface area contributed by atoms with E-state index in [1.807, 2.05) is 36.4 Å². The molecule has 1 atom stereocenters. The van der Waals surface area contributed by atoms with Crippen molar-refractivity contribution >= 4 is 10.8 Å². The maximum absolute atomic E-state index is 10.1. The Labute approximate surface area is 161 Å². The zero-order chi connectivity index (χ0) is 18.9. The zero-order valence-corrected chi connectivity index (χ0v) is 14.8. The lowest BCUT2D eigenvalue weighted by Crippen LogP contribution is -2.32. The Morgan fingerprint density at radius 3 is 2.46 bits per heavy atom. The molecule has 0 fully saturated rings. The molecule has 2 aliphatic heterocycles. The van der Waals surface area contributed by atoms with Gasteiger partial charge in [0.25, 0.3) is 0 Å². The molecular weight excluding hydrogens is 352 g/mol. The maximum Gasteiger partial charge on any atom is 0.151 e. The van der Waals surface area contributed by atoms with Crippen LogP contribution in [0.2, 0.25) is 0 Å². The third-order valence-corrected chi connectivity index (χ3v) is 5.73. The Balaban J connectivity index is 1.75. The molecule has 0 saturated heterocycles. The van der Waals surface area contributed by atoms with Crippen molar-refractivity contribution in [3.63, 3.8) is 0 Å². The summed E-state index contributed by atoms with van der Waals surface area (Å²) in [6, 6.07) is 22.6. The number of benzene rings is 4. The van der Waals surface area contributed by atoms with Crippen LogP contribution >= 0.6 is 0 Å². The highest BCUT2D eigenvalue weighted by Gasteiger charge is 2.49. The van der Waals surface area contributed by atoms with Gasteiger partial charge in [0, 0.05) is 22.6 Å². The van der Waals surface area contributed by atoms with Crippen molar-refractivity contribution in [2.24, 2.45) is 0 Å². The van der Waals surface area contributed by atoms with Gasteiger partial charge in [-0.2, -0.15) is 0 Å². The summed E-state index contributed by atoms with van der Waals surface area (Å²) in [5.74, 6) is 1.61. The number of phenols is 2. The molecule has 1 unspecified atom stereocenters. The van der Waals surface area contributed by atoms with Gasteiger partial charge in [0.05, 0.1) is 6.61 Å². The third-order valence-electron chi connectivity index (χ3n) is 5.73. The van der Waals surface area contributed by atoms with Gasteiger partial charge >= 0.3 is 0 Å². The molecule has 2 heterocycles. The van der Waals surface area contributed by atoms with E-state index >= 15 is 0 Å². The van der Waals surface area contributed by atoms with Crippen LogP contribution in [0.15, 0.2) is 72.8 Å². The van der Waals surface area contributed by atoms with Gasteiger partial charge in [-0.15, -0.1) is 0 Å². The second kappa shape index (κ2) is 5.27. The molecule has 4 nitrogen and oxygen atoms in total. The van der Waals surface area contributed by atoms with Crippen LogP contribution in [-0.4, -0.2) is 10.2 Å². The van der Waals surface area contributed by atoms with Gasteiger partial charge in [-0.05, 0) is 46.8 Å². The molecule has 136 valence electrons. The van der Waals surface area contributed by atoms with E-state index in [2.05, 4.69) is 12.1 Å². The summed E-state index contributed by atoms with van der Waals surface area (Å²) in [7, 11) is 0. The summed E-state index contributed by atoms with van der Waals surface area (Å²) in [5, 5.41) is 21.7. The zero-order valence-electron chi connectivity index (χ0n) is 14.8. The van der Waals surface area contributed by atoms with Crippen molar-refractivity contribution in [3.05, 3.63) is 95.1 Å². The molecule has 0 amide bonds. The lowest BCUT2D eigenvalue weighted by atomic mass is 9.77. The van der Waals surface area contributed by atoms with Gasteiger partial charge in [-0.3, -0.25) is 0 Å². The summed E-state index contributed by atoms with van der Waals surface area (Å²) in [6.45, 7) is 0.504. The topological polar surface area (TPSA) is 58.9 Å². The molecule has 2 N–H and O–H groups in total. The Morgan fingerprint density at radius 2 is 1.54 bits per heavy atom. The van der Waals surface area contributed by atoms with Crippen LogP contribution in [0.1, 0.15) is 22.3 Å². The number of phenolic OH excluding ortho intramolecular Hbond substituents is 2. The number of rotatable bonds is 0. The Morgan fingerprint density at radius 1 is 0.750 bits per heavy atom. The molecule has 4 heteroatoms. The van der Waals surface area contributed by atoms with Crippen molar-refractivity contribution in [2.45, 2.75) is 12.2 Å². The number of fused-ring (bicyclic) bond motifs is 8. The quantitative estimate of drug-likeness (QED) is 0.449. The second-order valence-corrected chi connectivity index (χ2v) is 7.26. The minimum atomic E-state index is -0.792. The van der Waals surface area contributed by atoms with Crippen LogP contribution in [0.25, 0.3) is 10.8 Å². The fourth-order valence-electron chi connectivity index (χ4n) is 4.52. The van der Waals surface area contributed by atoms with E-state index in [1.54, 1.807) is 24.3 Å². The highest BCUT2D eigenvalue weighted by molar-refractivity contribution is 5.92. The Hall–Kier alpha value is -3.50. The van der Waals surface area contributed by atoms with Crippen LogP contribution in [0.4, 0.5) is 0 Å². The fraction of sp³-hybridized carbons (Fsp3) is 0.0833. The summed E-state index contributed by atoms with van der Waals surface area (Å²) in [5.41, 5.74) is 3.23. The van der Waals surface area contributed by atoms with Gasteiger partial charge in [0.2, 0.25) is 0 Å². The predicted molar refractivity (Wildman–Crippen MR) is 105 cm³/mol. The molecule has 0 saturated carbocycles. The minimum Gasteiger partial charge on any atom is -0.508 e. The van der Waals surface area contributed by atoms with Gasteiger partial charge in [0.15, 0.2) is 5.60 Å². The predicted octanol–water partition coefficient (Wildman–Crippen LogP) is 5.18. The van der Waals surface area contributed by atoms with E-state index in [-0.39, 0.29) is 11.5 Å². The lowest BCUT2D eigenvalue weighted by Gasteiger charge is -2.37. The Kier molecular flexibility index (Phi) is 2.93. The normalized spacial score (nSPS) is 19.1. The fourth-order valence-corrected chi connectivity index (χ4v) is 4.52. The van der Waals surface area contributed by atoms with Crippen molar-refractivity contribution in [3.8, 4) is 23.0 Å². The van der Waals surface area contributed by atoms with Crippen LogP contribution in [0.3, 0.4) is 0 Å². The van der Waals surface area contributed by atoms with Crippen LogP contribution in [0, 0.1) is 0 Å². The van der Waals surface area contributed by atoms with Crippen LogP contribution in [0.5, 0.6) is 23.0 Å². The van der Waals surface area contributed by atoms with E-state index in [4.69, 9.17) is 9.47 Å². The molecule has 0 radical (unpaired) electrons. The average molecular weight is 368 g/mol. The highest BCUT2D eigenvalue weighted by Crippen LogP contribution is 2.57. The minimum absolute atomic E-state index is 0.140. The Bertz CT molecular complexity index is 1280. The van der Waals surface area contributed by atoms with Crippen LogP contribution in [-0.2, 0) is 16.9 Å². The first kappa shape index (κ1) is 15.5.